The van der Waals surface area contributed by atoms with Gasteiger partial charge in [-0.25, -0.2) is 14.4 Å². The lowest BCUT2D eigenvalue weighted by Gasteiger charge is -2.36. The standard InChI is InChI=1S/C29H31FN6O2/c1-21-16-26(22-6-4-3-5-7-22)27(34(21)2)19-38-20-28(37)33-24-8-10-25(11-9-24)35-12-14-36(15-13-35)29-31-17-23(30)18-32-29/h3-11,16-18H,12-15,19-20H2,1-2H3,(H,33,37). The Labute approximate surface area is 221 Å². The van der Waals surface area contributed by atoms with Gasteiger partial charge in [-0.3, -0.25) is 4.79 Å². The molecule has 5 rings (SSSR count). The molecule has 1 saturated heterocycles. The van der Waals surface area contributed by atoms with Gasteiger partial charge < -0.3 is 24.4 Å². The zero-order valence-electron chi connectivity index (χ0n) is 21.6. The summed E-state index contributed by atoms with van der Waals surface area (Å²) in [5.74, 6) is -0.0859. The van der Waals surface area contributed by atoms with Crippen LogP contribution in [0.3, 0.4) is 0 Å². The van der Waals surface area contributed by atoms with Gasteiger partial charge in [-0.15, -0.1) is 0 Å². The highest BCUT2D eigenvalue weighted by Gasteiger charge is 2.19. The zero-order chi connectivity index (χ0) is 26.5. The number of anilines is 3. The van der Waals surface area contributed by atoms with Crippen LogP contribution >= 0.6 is 0 Å². The van der Waals surface area contributed by atoms with Crippen LogP contribution in [0.2, 0.25) is 0 Å². The molecule has 0 aliphatic carbocycles. The number of nitrogens with zero attached hydrogens (tertiary/aromatic N) is 5. The Hall–Kier alpha value is -4.24. The van der Waals surface area contributed by atoms with Gasteiger partial charge in [0.25, 0.3) is 0 Å². The monoisotopic (exact) mass is 514 g/mol. The van der Waals surface area contributed by atoms with Crippen LogP contribution in [0.25, 0.3) is 11.1 Å². The molecule has 2 aromatic carbocycles. The van der Waals surface area contributed by atoms with Crippen LogP contribution in [0.5, 0.6) is 0 Å². The number of ether oxygens (including phenoxy) is 1. The Morgan fingerprint density at radius 2 is 1.63 bits per heavy atom. The molecule has 9 heteroatoms. The fourth-order valence-electron chi connectivity index (χ4n) is 4.65. The van der Waals surface area contributed by atoms with Crippen LogP contribution in [-0.2, 0) is 23.2 Å². The second kappa shape index (κ2) is 11.4. The number of carbonyl (C=O) groups excluding carboxylic acids is 1. The number of hydrogen-bond acceptors (Lipinski definition) is 6. The minimum absolute atomic E-state index is 0.0341. The van der Waals surface area contributed by atoms with Gasteiger partial charge in [0.15, 0.2) is 5.82 Å². The highest BCUT2D eigenvalue weighted by Crippen LogP contribution is 2.27. The van der Waals surface area contributed by atoms with E-state index in [1.807, 2.05) is 54.4 Å². The van der Waals surface area contributed by atoms with E-state index in [1.54, 1.807) is 0 Å². The molecule has 196 valence electrons. The third-order valence-electron chi connectivity index (χ3n) is 6.84. The fourth-order valence-corrected chi connectivity index (χ4v) is 4.65. The van der Waals surface area contributed by atoms with Crippen molar-refractivity contribution in [3.63, 3.8) is 0 Å². The van der Waals surface area contributed by atoms with E-state index in [0.29, 0.717) is 12.6 Å². The van der Waals surface area contributed by atoms with Gasteiger partial charge in [0.1, 0.15) is 6.61 Å². The molecule has 1 N–H and O–H groups in total. The molecule has 0 unspecified atom stereocenters. The summed E-state index contributed by atoms with van der Waals surface area (Å²) >= 11 is 0. The number of rotatable bonds is 8. The Morgan fingerprint density at radius 1 is 0.974 bits per heavy atom. The molecule has 0 radical (unpaired) electrons. The number of aryl methyl sites for hydroxylation is 1. The van der Waals surface area contributed by atoms with E-state index < -0.39 is 5.82 Å². The summed E-state index contributed by atoms with van der Waals surface area (Å²) in [5, 5.41) is 2.91. The molecule has 1 aliphatic rings. The fraction of sp³-hybridized carbons (Fsp3) is 0.276. The predicted molar refractivity (Wildman–Crippen MR) is 147 cm³/mol. The van der Waals surface area contributed by atoms with Gasteiger partial charge in [-0.05, 0) is 42.8 Å². The van der Waals surface area contributed by atoms with Crippen LogP contribution in [0.1, 0.15) is 11.4 Å². The molecule has 0 saturated carbocycles. The lowest BCUT2D eigenvalue weighted by molar-refractivity contribution is -0.121. The number of hydrogen-bond donors (Lipinski definition) is 1. The summed E-state index contributed by atoms with van der Waals surface area (Å²) in [7, 11) is 2.01. The number of carbonyl (C=O) groups is 1. The van der Waals surface area contributed by atoms with Crippen molar-refractivity contribution in [2.24, 2.45) is 7.05 Å². The van der Waals surface area contributed by atoms with Crippen LogP contribution in [0.15, 0.2) is 73.1 Å². The molecule has 0 bridgehead atoms. The number of nitrogens with one attached hydrogen (secondary N) is 1. The number of aromatic nitrogens is 3. The van der Waals surface area contributed by atoms with E-state index in [4.69, 9.17) is 4.74 Å². The molecular formula is C29H31FN6O2. The maximum atomic E-state index is 13.1. The van der Waals surface area contributed by atoms with Gasteiger partial charge in [0, 0.05) is 55.9 Å². The van der Waals surface area contributed by atoms with Crippen LogP contribution < -0.4 is 15.1 Å². The molecule has 2 aromatic heterocycles. The third-order valence-corrected chi connectivity index (χ3v) is 6.84. The summed E-state index contributed by atoms with van der Waals surface area (Å²) in [6.45, 7) is 5.45. The third kappa shape index (κ3) is 5.84. The van der Waals surface area contributed by atoms with Crippen molar-refractivity contribution < 1.29 is 13.9 Å². The SMILES string of the molecule is Cc1cc(-c2ccccc2)c(COCC(=O)Nc2ccc(N3CCN(c4ncc(F)cn4)CC3)cc2)n1C. The van der Waals surface area contributed by atoms with Crippen molar-refractivity contribution >= 4 is 23.2 Å². The van der Waals surface area contributed by atoms with E-state index in [1.165, 1.54) is 12.4 Å². The molecule has 8 nitrogen and oxygen atoms in total. The van der Waals surface area contributed by atoms with Crippen molar-refractivity contribution in [3.05, 3.63) is 90.3 Å². The first-order valence-corrected chi connectivity index (χ1v) is 12.6. The number of halogens is 1. The molecule has 1 fully saturated rings. The van der Waals surface area contributed by atoms with Gasteiger partial charge in [-0.1, -0.05) is 30.3 Å². The Morgan fingerprint density at radius 3 is 2.32 bits per heavy atom. The lowest BCUT2D eigenvalue weighted by atomic mass is 10.1. The van der Waals surface area contributed by atoms with E-state index in [2.05, 4.69) is 49.9 Å². The summed E-state index contributed by atoms with van der Waals surface area (Å²) in [6, 6.07) is 20.1. The lowest BCUT2D eigenvalue weighted by Crippen LogP contribution is -2.47. The van der Waals surface area contributed by atoms with Gasteiger partial charge >= 0.3 is 0 Å². The average Bonchev–Trinajstić information content (AvgIpc) is 3.23. The minimum Gasteiger partial charge on any atom is -0.368 e. The minimum atomic E-state index is -0.436. The van der Waals surface area contributed by atoms with Crippen molar-refractivity contribution in [2.45, 2.75) is 13.5 Å². The average molecular weight is 515 g/mol. The largest absolute Gasteiger partial charge is 0.368 e. The first-order valence-electron chi connectivity index (χ1n) is 12.6. The first kappa shape index (κ1) is 25.4. The van der Waals surface area contributed by atoms with E-state index in [0.717, 1.165) is 60.1 Å². The van der Waals surface area contributed by atoms with E-state index in [9.17, 15) is 9.18 Å². The van der Waals surface area contributed by atoms with Gasteiger partial charge in [0.2, 0.25) is 11.9 Å². The maximum Gasteiger partial charge on any atom is 0.250 e. The number of amides is 1. The quantitative estimate of drug-likeness (QED) is 0.376. The van der Waals surface area contributed by atoms with E-state index >= 15 is 0 Å². The Balaban J connectivity index is 1.11. The molecule has 4 aromatic rings. The highest BCUT2D eigenvalue weighted by molar-refractivity contribution is 5.91. The van der Waals surface area contributed by atoms with Crippen molar-refractivity contribution in [2.75, 3.05) is 47.9 Å². The van der Waals surface area contributed by atoms with Crippen LogP contribution in [0.4, 0.5) is 21.7 Å². The zero-order valence-corrected chi connectivity index (χ0v) is 21.6. The maximum absolute atomic E-state index is 13.1. The van der Waals surface area contributed by atoms with Crippen LogP contribution in [-0.4, -0.2) is 53.2 Å². The molecule has 0 spiro atoms. The van der Waals surface area contributed by atoms with Gasteiger partial charge in [-0.2, -0.15) is 0 Å². The second-order valence-corrected chi connectivity index (χ2v) is 9.33. The molecule has 1 aliphatic heterocycles. The number of benzene rings is 2. The summed E-state index contributed by atoms with van der Waals surface area (Å²) in [6.07, 6.45) is 2.38. The van der Waals surface area contributed by atoms with Crippen molar-refractivity contribution in [1.29, 1.82) is 0 Å². The smallest absolute Gasteiger partial charge is 0.250 e. The highest BCUT2D eigenvalue weighted by atomic mass is 19.1. The number of piperazine rings is 1. The molecule has 0 atom stereocenters. The second-order valence-electron chi connectivity index (χ2n) is 9.33. The Bertz CT molecular complexity index is 1360. The van der Waals surface area contributed by atoms with Crippen molar-refractivity contribution in [3.8, 4) is 11.1 Å². The topological polar surface area (TPSA) is 75.5 Å². The summed E-state index contributed by atoms with van der Waals surface area (Å²) in [5.41, 5.74) is 6.22. The van der Waals surface area contributed by atoms with Crippen LogP contribution in [0, 0.1) is 12.7 Å². The normalized spacial score (nSPS) is 13.6. The molecule has 3 heterocycles. The van der Waals surface area contributed by atoms with Crippen molar-refractivity contribution in [1.82, 2.24) is 14.5 Å². The van der Waals surface area contributed by atoms with E-state index in [-0.39, 0.29) is 12.5 Å². The summed E-state index contributed by atoms with van der Waals surface area (Å²) in [4.78, 5) is 25.0. The Kier molecular flexibility index (Phi) is 7.65. The predicted octanol–water partition coefficient (Wildman–Crippen LogP) is 4.41. The molecule has 1 amide bonds. The summed E-state index contributed by atoms with van der Waals surface area (Å²) < 4.78 is 21.0. The van der Waals surface area contributed by atoms with Gasteiger partial charge in [0.05, 0.1) is 24.7 Å². The molecule has 38 heavy (non-hydrogen) atoms. The molecular weight excluding hydrogens is 483 g/mol. The first-order chi connectivity index (χ1) is 18.5.